The number of hydrogen-bond acceptors (Lipinski definition) is 3. The van der Waals surface area contributed by atoms with Crippen LogP contribution >= 0.6 is 11.6 Å². The Morgan fingerprint density at radius 2 is 1.96 bits per heavy atom. The van der Waals surface area contributed by atoms with Crippen molar-refractivity contribution in [2.45, 2.75) is 25.0 Å². The van der Waals surface area contributed by atoms with Crippen molar-refractivity contribution in [3.05, 3.63) is 71.3 Å². The highest BCUT2D eigenvalue weighted by atomic mass is 35.5. The van der Waals surface area contributed by atoms with E-state index in [0.29, 0.717) is 22.9 Å². The molecule has 1 aliphatic rings. The quantitative estimate of drug-likeness (QED) is 0.807. The average Bonchev–Trinajstić information content (AvgIpc) is 2.98. The van der Waals surface area contributed by atoms with Gasteiger partial charge in [-0.2, -0.15) is 0 Å². The molecule has 0 spiro atoms. The van der Waals surface area contributed by atoms with Gasteiger partial charge in [0.1, 0.15) is 11.5 Å². The number of aliphatic hydroxyl groups excluding tert-OH is 1. The molecule has 1 amide bonds. The third-order valence-electron chi connectivity index (χ3n) is 3.79. The first-order chi connectivity index (χ1) is 11.6. The van der Waals surface area contributed by atoms with Crippen LogP contribution in [0.3, 0.4) is 0 Å². The molecule has 2 aromatic carbocycles. The summed E-state index contributed by atoms with van der Waals surface area (Å²) in [5, 5.41) is 13.7. The van der Waals surface area contributed by atoms with Gasteiger partial charge < -0.3 is 15.2 Å². The van der Waals surface area contributed by atoms with Gasteiger partial charge in [0.15, 0.2) is 0 Å². The average molecular weight is 344 g/mol. The lowest BCUT2D eigenvalue weighted by Crippen LogP contribution is -2.23. The molecule has 2 N–H and O–H groups in total. The van der Waals surface area contributed by atoms with E-state index in [9.17, 15) is 9.90 Å². The number of rotatable bonds is 5. The summed E-state index contributed by atoms with van der Waals surface area (Å²) in [6.07, 6.45) is 4.06. The molecule has 1 fully saturated rings. The molecule has 0 aromatic heterocycles. The lowest BCUT2D eigenvalue weighted by molar-refractivity contribution is -0.119. The SMILES string of the molecule is O=C1CC[C@H](/C=C/C(O)c2cccc(Oc3cccc(Cl)c3)c2)N1. The summed E-state index contributed by atoms with van der Waals surface area (Å²) in [6, 6.07) is 14.4. The van der Waals surface area contributed by atoms with E-state index in [4.69, 9.17) is 16.3 Å². The molecule has 0 radical (unpaired) electrons. The second kappa shape index (κ2) is 7.51. The van der Waals surface area contributed by atoms with Crippen LogP contribution in [-0.2, 0) is 4.79 Å². The van der Waals surface area contributed by atoms with Crippen LogP contribution in [0.1, 0.15) is 24.5 Å². The number of hydrogen-bond donors (Lipinski definition) is 2. The largest absolute Gasteiger partial charge is 0.457 e. The standard InChI is InChI=1S/C19H18ClNO3/c20-14-4-2-6-17(12-14)24-16-5-1-3-13(11-16)18(22)9-7-15-8-10-19(23)21-15/h1-7,9,11-12,15,18,22H,8,10H2,(H,21,23)/b9-7+/t15-,18?/m0/s1. The zero-order valence-electron chi connectivity index (χ0n) is 13.0. The van der Waals surface area contributed by atoms with Gasteiger partial charge in [-0.25, -0.2) is 0 Å². The predicted molar refractivity (Wildman–Crippen MR) is 93.2 cm³/mol. The Hall–Kier alpha value is -2.30. The van der Waals surface area contributed by atoms with Crippen LogP contribution < -0.4 is 10.1 Å². The molecule has 4 nitrogen and oxygen atoms in total. The Morgan fingerprint density at radius 3 is 2.67 bits per heavy atom. The number of nitrogens with one attached hydrogen (secondary N) is 1. The number of amides is 1. The topological polar surface area (TPSA) is 58.6 Å². The summed E-state index contributed by atoms with van der Waals surface area (Å²) in [6.45, 7) is 0. The van der Waals surface area contributed by atoms with Crippen LogP contribution in [0.5, 0.6) is 11.5 Å². The Bertz CT molecular complexity index is 760. The van der Waals surface area contributed by atoms with Crippen LogP contribution in [-0.4, -0.2) is 17.1 Å². The number of carbonyl (C=O) groups excluding carboxylic acids is 1. The van der Waals surface area contributed by atoms with E-state index in [0.717, 1.165) is 12.0 Å². The van der Waals surface area contributed by atoms with Crippen molar-refractivity contribution < 1.29 is 14.6 Å². The lowest BCUT2D eigenvalue weighted by Gasteiger charge is -2.11. The highest BCUT2D eigenvalue weighted by Crippen LogP contribution is 2.27. The van der Waals surface area contributed by atoms with E-state index in [1.54, 1.807) is 24.3 Å². The summed E-state index contributed by atoms with van der Waals surface area (Å²) < 4.78 is 5.77. The molecule has 0 bridgehead atoms. The normalized spacial score (nSPS) is 18.6. The minimum absolute atomic E-state index is 0.00181. The lowest BCUT2D eigenvalue weighted by atomic mass is 10.1. The van der Waals surface area contributed by atoms with Gasteiger partial charge in [0.2, 0.25) is 5.91 Å². The van der Waals surface area contributed by atoms with Crippen LogP contribution in [0.2, 0.25) is 5.02 Å². The molecule has 124 valence electrons. The minimum Gasteiger partial charge on any atom is -0.457 e. The van der Waals surface area contributed by atoms with E-state index < -0.39 is 6.10 Å². The zero-order chi connectivity index (χ0) is 16.9. The third-order valence-corrected chi connectivity index (χ3v) is 4.02. The fraction of sp³-hybridized carbons (Fsp3) is 0.211. The first-order valence-electron chi connectivity index (χ1n) is 7.79. The van der Waals surface area contributed by atoms with Crippen LogP contribution in [0.15, 0.2) is 60.7 Å². The maximum absolute atomic E-state index is 11.2. The summed E-state index contributed by atoms with van der Waals surface area (Å²) >= 11 is 5.95. The van der Waals surface area contributed by atoms with Gasteiger partial charge in [-0.05, 0) is 42.3 Å². The van der Waals surface area contributed by atoms with Gasteiger partial charge in [0, 0.05) is 17.5 Å². The molecule has 1 unspecified atom stereocenters. The second-order valence-corrected chi connectivity index (χ2v) is 6.11. The Morgan fingerprint density at radius 1 is 1.21 bits per heavy atom. The molecule has 24 heavy (non-hydrogen) atoms. The summed E-state index contributed by atoms with van der Waals surface area (Å²) in [7, 11) is 0. The molecule has 0 aliphatic carbocycles. The minimum atomic E-state index is -0.759. The summed E-state index contributed by atoms with van der Waals surface area (Å²) in [4.78, 5) is 11.2. The van der Waals surface area contributed by atoms with E-state index in [1.807, 2.05) is 36.4 Å². The van der Waals surface area contributed by atoms with Crippen LogP contribution in [0.25, 0.3) is 0 Å². The van der Waals surface area contributed by atoms with Crippen molar-refractivity contribution in [2.24, 2.45) is 0 Å². The summed E-state index contributed by atoms with van der Waals surface area (Å²) in [5.41, 5.74) is 0.718. The Labute approximate surface area is 145 Å². The maximum Gasteiger partial charge on any atom is 0.220 e. The van der Waals surface area contributed by atoms with Crippen molar-refractivity contribution in [3.8, 4) is 11.5 Å². The van der Waals surface area contributed by atoms with E-state index in [2.05, 4.69) is 5.32 Å². The molecule has 3 rings (SSSR count). The van der Waals surface area contributed by atoms with Crippen molar-refractivity contribution in [2.75, 3.05) is 0 Å². The van der Waals surface area contributed by atoms with Gasteiger partial charge in [-0.3, -0.25) is 4.79 Å². The zero-order valence-corrected chi connectivity index (χ0v) is 13.7. The monoisotopic (exact) mass is 343 g/mol. The Balaban J connectivity index is 1.68. The van der Waals surface area contributed by atoms with E-state index >= 15 is 0 Å². The number of halogens is 1. The van der Waals surface area contributed by atoms with Crippen molar-refractivity contribution >= 4 is 17.5 Å². The number of benzene rings is 2. The second-order valence-electron chi connectivity index (χ2n) is 5.67. The first-order valence-corrected chi connectivity index (χ1v) is 8.17. The van der Waals surface area contributed by atoms with Gasteiger partial charge in [-0.1, -0.05) is 42.0 Å². The molecule has 1 heterocycles. The molecule has 1 saturated heterocycles. The van der Waals surface area contributed by atoms with Gasteiger partial charge in [0.25, 0.3) is 0 Å². The summed E-state index contributed by atoms with van der Waals surface area (Å²) in [5.74, 6) is 1.31. The molecular formula is C19H18ClNO3. The smallest absolute Gasteiger partial charge is 0.220 e. The molecule has 0 saturated carbocycles. The first kappa shape index (κ1) is 16.6. The number of ether oxygens (including phenoxy) is 1. The Kier molecular flexibility index (Phi) is 5.18. The predicted octanol–water partition coefficient (Wildman–Crippen LogP) is 4.00. The van der Waals surface area contributed by atoms with E-state index in [-0.39, 0.29) is 11.9 Å². The molecule has 5 heteroatoms. The van der Waals surface area contributed by atoms with E-state index in [1.165, 1.54) is 0 Å². The molecule has 1 aliphatic heterocycles. The van der Waals surface area contributed by atoms with Crippen molar-refractivity contribution in [1.82, 2.24) is 5.32 Å². The fourth-order valence-electron chi connectivity index (χ4n) is 2.56. The molecular weight excluding hydrogens is 326 g/mol. The maximum atomic E-state index is 11.2. The van der Waals surface area contributed by atoms with Gasteiger partial charge in [0.05, 0.1) is 6.10 Å². The van der Waals surface area contributed by atoms with Crippen molar-refractivity contribution in [1.29, 1.82) is 0 Å². The molecule has 2 atom stereocenters. The van der Waals surface area contributed by atoms with Crippen LogP contribution in [0.4, 0.5) is 0 Å². The number of carbonyl (C=O) groups is 1. The van der Waals surface area contributed by atoms with Gasteiger partial charge >= 0.3 is 0 Å². The highest BCUT2D eigenvalue weighted by molar-refractivity contribution is 6.30. The van der Waals surface area contributed by atoms with Gasteiger partial charge in [-0.15, -0.1) is 0 Å². The highest BCUT2D eigenvalue weighted by Gasteiger charge is 2.18. The van der Waals surface area contributed by atoms with Crippen molar-refractivity contribution in [3.63, 3.8) is 0 Å². The molecule has 2 aromatic rings. The number of aliphatic hydroxyl groups is 1. The van der Waals surface area contributed by atoms with Crippen LogP contribution in [0, 0.1) is 0 Å². The fourth-order valence-corrected chi connectivity index (χ4v) is 2.74. The third kappa shape index (κ3) is 4.37.